The lowest BCUT2D eigenvalue weighted by Gasteiger charge is -2.31. The van der Waals surface area contributed by atoms with E-state index in [2.05, 4.69) is 6.92 Å². The fraction of sp³-hybridized carbons (Fsp3) is 0.346. The fourth-order valence-electron chi connectivity index (χ4n) is 3.66. The van der Waals surface area contributed by atoms with Crippen molar-refractivity contribution in [2.45, 2.75) is 59.0 Å². The summed E-state index contributed by atoms with van der Waals surface area (Å²) in [6.45, 7) is 6.84. The number of carbonyl (C=O) groups excluding carboxylic acids is 3. The van der Waals surface area contributed by atoms with Crippen molar-refractivity contribution in [3.05, 3.63) is 70.5 Å². The molecule has 0 saturated heterocycles. The first-order valence-electron chi connectivity index (χ1n) is 10.8. The fourth-order valence-corrected chi connectivity index (χ4v) is 3.66. The Bertz CT molecular complexity index is 1070. The molecule has 168 valence electrons. The molecule has 0 aromatic heterocycles. The molecule has 0 bridgehead atoms. The molecular formula is C26H28O6. The molecule has 1 N–H and O–H groups in total. The summed E-state index contributed by atoms with van der Waals surface area (Å²) < 4.78 is 11.0. The van der Waals surface area contributed by atoms with Crippen LogP contribution in [0, 0.1) is 6.92 Å². The molecule has 1 aliphatic carbocycles. The molecule has 1 aliphatic heterocycles. The Labute approximate surface area is 187 Å². The average molecular weight is 437 g/mol. The van der Waals surface area contributed by atoms with Gasteiger partial charge in [-0.1, -0.05) is 38.0 Å². The second-order valence-electron chi connectivity index (χ2n) is 8.23. The van der Waals surface area contributed by atoms with E-state index in [9.17, 15) is 19.5 Å². The molecule has 1 aromatic carbocycles. The number of fused-ring (bicyclic) bond motifs is 1. The molecule has 1 unspecified atom stereocenters. The van der Waals surface area contributed by atoms with Crippen LogP contribution in [0.1, 0.15) is 57.6 Å². The number of carbonyl (C=O) groups is 3. The van der Waals surface area contributed by atoms with E-state index >= 15 is 0 Å². The molecule has 0 fully saturated rings. The Morgan fingerprint density at radius 1 is 1.22 bits per heavy atom. The minimum atomic E-state index is -1.95. The maximum Gasteiger partial charge on any atom is 0.334 e. The van der Waals surface area contributed by atoms with Gasteiger partial charge in [0.05, 0.1) is 11.1 Å². The van der Waals surface area contributed by atoms with E-state index < -0.39 is 23.1 Å². The lowest BCUT2D eigenvalue weighted by atomic mass is 9.80. The molecule has 0 radical (unpaired) electrons. The summed E-state index contributed by atoms with van der Waals surface area (Å²) in [6, 6.07) is 5.07. The predicted molar refractivity (Wildman–Crippen MR) is 120 cm³/mol. The number of hydrogen-bond acceptors (Lipinski definition) is 6. The van der Waals surface area contributed by atoms with Gasteiger partial charge in [-0.05, 0) is 63.0 Å². The highest BCUT2D eigenvalue weighted by Gasteiger charge is 2.49. The summed E-state index contributed by atoms with van der Waals surface area (Å²) in [4.78, 5) is 38.6. The van der Waals surface area contributed by atoms with E-state index in [0.717, 1.165) is 31.2 Å². The van der Waals surface area contributed by atoms with Crippen LogP contribution in [0.3, 0.4) is 0 Å². The van der Waals surface area contributed by atoms with Crippen LogP contribution in [-0.4, -0.2) is 28.2 Å². The van der Waals surface area contributed by atoms with Crippen LogP contribution in [-0.2, 0) is 23.9 Å². The van der Waals surface area contributed by atoms with Crippen molar-refractivity contribution in [2.75, 3.05) is 0 Å². The number of phenols is 1. The molecular weight excluding hydrogens is 408 g/mol. The van der Waals surface area contributed by atoms with Gasteiger partial charge in [0.2, 0.25) is 17.2 Å². The van der Waals surface area contributed by atoms with Crippen molar-refractivity contribution < 1.29 is 29.0 Å². The standard InChI is InChI=1S/C26H28O6/c1-5-6-7-8-10-17(3)25(30)32-26(4)22(28)14-18-13-21(31-15-19(18)24(26)29)23-16(2)11-9-12-20(23)27/h9-15,27H,5-8H2,1-4H3/b17-10+. The van der Waals surface area contributed by atoms with Gasteiger partial charge in [0.25, 0.3) is 0 Å². The largest absolute Gasteiger partial charge is 0.507 e. The monoisotopic (exact) mass is 436 g/mol. The van der Waals surface area contributed by atoms with Gasteiger partial charge in [0.15, 0.2) is 0 Å². The molecule has 0 amide bonds. The summed E-state index contributed by atoms with van der Waals surface area (Å²) in [5.74, 6) is -1.60. The average Bonchev–Trinajstić information content (AvgIpc) is 2.75. The maximum atomic E-state index is 13.1. The van der Waals surface area contributed by atoms with Crippen LogP contribution in [0.5, 0.6) is 5.75 Å². The van der Waals surface area contributed by atoms with Crippen molar-refractivity contribution in [1.29, 1.82) is 0 Å². The Balaban J connectivity index is 1.85. The van der Waals surface area contributed by atoms with Gasteiger partial charge in [-0.3, -0.25) is 9.59 Å². The number of ketones is 2. The Morgan fingerprint density at radius 2 is 1.97 bits per heavy atom. The quantitative estimate of drug-likeness (QED) is 0.284. The zero-order valence-corrected chi connectivity index (χ0v) is 18.9. The van der Waals surface area contributed by atoms with Crippen LogP contribution >= 0.6 is 0 Å². The normalized spacial score (nSPS) is 20.6. The minimum Gasteiger partial charge on any atom is -0.507 e. The molecule has 1 heterocycles. The number of benzene rings is 1. The SMILES string of the molecule is CCCCC/C=C(\C)C(=O)OC1(C)C(=O)C=C2C=C(c3c(C)cccc3O)OC=C2C1=O. The van der Waals surface area contributed by atoms with Crippen molar-refractivity contribution in [1.82, 2.24) is 0 Å². The third kappa shape index (κ3) is 4.44. The lowest BCUT2D eigenvalue weighted by Crippen LogP contribution is -2.50. The zero-order chi connectivity index (χ0) is 23.5. The second-order valence-corrected chi connectivity index (χ2v) is 8.23. The second kappa shape index (κ2) is 9.39. The molecule has 0 saturated carbocycles. The number of hydrogen-bond donors (Lipinski definition) is 1. The van der Waals surface area contributed by atoms with Crippen LogP contribution in [0.15, 0.2) is 59.4 Å². The zero-order valence-electron chi connectivity index (χ0n) is 18.9. The number of unbranched alkanes of at least 4 members (excludes halogenated alkanes) is 3. The van der Waals surface area contributed by atoms with Gasteiger partial charge in [0, 0.05) is 5.57 Å². The molecule has 1 atom stereocenters. The van der Waals surface area contributed by atoms with E-state index in [4.69, 9.17) is 9.47 Å². The first kappa shape index (κ1) is 23.3. The highest BCUT2D eigenvalue weighted by molar-refractivity contribution is 6.27. The highest BCUT2D eigenvalue weighted by atomic mass is 16.6. The third-order valence-electron chi connectivity index (χ3n) is 5.71. The van der Waals surface area contributed by atoms with Gasteiger partial charge in [-0.25, -0.2) is 4.79 Å². The van der Waals surface area contributed by atoms with Crippen molar-refractivity contribution in [3.63, 3.8) is 0 Å². The van der Waals surface area contributed by atoms with Crippen LogP contribution in [0.4, 0.5) is 0 Å². The summed E-state index contributed by atoms with van der Waals surface area (Å²) in [6.07, 6.45) is 9.64. The first-order chi connectivity index (χ1) is 15.2. The van der Waals surface area contributed by atoms with E-state index in [0.29, 0.717) is 22.5 Å². The van der Waals surface area contributed by atoms with Gasteiger partial charge < -0.3 is 14.6 Å². The number of allylic oxidation sites excluding steroid dienone is 3. The van der Waals surface area contributed by atoms with Gasteiger partial charge in [0.1, 0.15) is 17.8 Å². The van der Waals surface area contributed by atoms with E-state index in [-0.39, 0.29) is 11.3 Å². The number of phenolic OH excluding ortho intramolecular Hbond substituents is 1. The maximum absolute atomic E-state index is 13.1. The molecule has 6 nitrogen and oxygen atoms in total. The van der Waals surface area contributed by atoms with Crippen LogP contribution in [0.25, 0.3) is 5.76 Å². The van der Waals surface area contributed by atoms with Crippen molar-refractivity contribution in [3.8, 4) is 5.75 Å². The molecule has 1 aromatic rings. The molecule has 6 heteroatoms. The lowest BCUT2D eigenvalue weighted by molar-refractivity contribution is -0.165. The summed E-state index contributed by atoms with van der Waals surface area (Å²) in [7, 11) is 0. The number of ether oxygens (including phenoxy) is 2. The van der Waals surface area contributed by atoms with Gasteiger partial charge in [-0.2, -0.15) is 0 Å². The van der Waals surface area contributed by atoms with Gasteiger partial charge in [-0.15, -0.1) is 0 Å². The summed E-state index contributed by atoms with van der Waals surface area (Å²) in [5, 5.41) is 10.2. The molecule has 0 spiro atoms. The van der Waals surface area contributed by atoms with Crippen molar-refractivity contribution in [2.24, 2.45) is 0 Å². The Kier molecular flexibility index (Phi) is 6.82. The minimum absolute atomic E-state index is 0.0297. The van der Waals surface area contributed by atoms with E-state index in [1.54, 1.807) is 19.1 Å². The summed E-state index contributed by atoms with van der Waals surface area (Å²) >= 11 is 0. The smallest absolute Gasteiger partial charge is 0.334 e. The number of esters is 1. The number of Topliss-reactive ketones (excluding diaryl/α,β-unsaturated/α-hetero) is 1. The third-order valence-corrected chi connectivity index (χ3v) is 5.71. The van der Waals surface area contributed by atoms with Crippen molar-refractivity contribution >= 4 is 23.3 Å². The van der Waals surface area contributed by atoms with Crippen LogP contribution < -0.4 is 0 Å². The molecule has 3 rings (SSSR count). The topological polar surface area (TPSA) is 89.9 Å². The highest BCUT2D eigenvalue weighted by Crippen LogP contribution is 2.38. The van der Waals surface area contributed by atoms with Crippen LogP contribution in [0.2, 0.25) is 0 Å². The Hall–Kier alpha value is -3.41. The number of rotatable bonds is 7. The molecule has 2 aliphatic rings. The van der Waals surface area contributed by atoms with Gasteiger partial charge >= 0.3 is 5.97 Å². The number of aromatic hydroxyl groups is 1. The number of aryl methyl sites for hydroxylation is 1. The predicted octanol–water partition coefficient (Wildman–Crippen LogP) is 4.86. The first-order valence-corrected chi connectivity index (χ1v) is 10.8. The summed E-state index contributed by atoms with van der Waals surface area (Å²) in [5.41, 5.74) is 0.161. The van der Waals surface area contributed by atoms with E-state index in [1.807, 2.05) is 13.0 Å². The molecule has 32 heavy (non-hydrogen) atoms. The van der Waals surface area contributed by atoms with E-state index in [1.165, 1.54) is 31.4 Å². The Morgan fingerprint density at radius 3 is 2.66 bits per heavy atom.